The Hall–Kier alpha value is -2.82. The number of halogens is 3. The van der Waals surface area contributed by atoms with Gasteiger partial charge < -0.3 is 24.3 Å². The second kappa shape index (κ2) is 6.12. The molecule has 0 bridgehead atoms. The molecule has 2 aliphatic rings. The van der Waals surface area contributed by atoms with E-state index in [0.29, 0.717) is 12.1 Å². The first-order valence-electron chi connectivity index (χ1n) is 8.11. The predicted octanol–water partition coefficient (Wildman–Crippen LogP) is 3.20. The van der Waals surface area contributed by atoms with Gasteiger partial charge in [0, 0.05) is 4.98 Å². The molecule has 1 aliphatic carbocycles. The number of hydrogen-bond donors (Lipinski definition) is 0. The van der Waals surface area contributed by atoms with E-state index in [1.54, 1.807) is 0 Å². The molecule has 8 nitrogen and oxygen atoms in total. The predicted molar refractivity (Wildman–Crippen MR) is 83.2 cm³/mol. The van der Waals surface area contributed by atoms with Crippen molar-refractivity contribution < 1.29 is 32.3 Å². The Morgan fingerprint density at radius 1 is 1.33 bits per heavy atom. The van der Waals surface area contributed by atoms with Crippen LogP contribution in [0.1, 0.15) is 18.4 Å². The van der Waals surface area contributed by atoms with Crippen molar-refractivity contribution in [2.75, 3.05) is 0 Å². The Bertz CT molecular complexity index is 861. The summed E-state index contributed by atoms with van der Waals surface area (Å²) in [6.07, 6.45) is -2.29. The number of aromatic nitrogens is 2. The van der Waals surface area contributed by atoms with E-state index in [2.05, 4.69) is 9.72 Å². The van der Waals surface area contributed by atoms with E-state index in [1.165, 1.54) is 35.0 Å². The minimum absolute atomic E-state index is 0.161. The molecule has 0 amide bonds. The molecule has 1 aromatic carbocycles. The average molecular weight is 385 g/mol. The van der Waals surface area contributed by atoms with E-state index in [-0.39, 0.29) is 30.3 Å². The van der Waals surface area contributed by atoms with Crippen LogP contribution < -0.4 is 9.47 Å². The first-order chi connectivity index (χ1) is 12.7. The molecule has 1 unspecified atom stereocenters. The molecule has 0 saturated heterocycles. The quantitative estimate of drug-likeness (QED) is 0.580. The topological polar surface area (TPSA) is 88.7 Å². The van der Waals surface area contributed by atoms with Gasteiger partial charge >= 0.3 is 18.2 Å². The van der Waals surface area contributed by atoms with Crippen LogP contribution >= 0.6 is 0 Å². The summed E-state index contributed by atoms with van der Waals surface area (Å²) in [5.41, 5.74) is 0.122. The largest absolute Gasteiger partial charge is 0.573 e. The SMILES string of the molecule is O=[N+]([O-])c1cn2c(n1)OC1(CC1)C(OCc1ccc(OC(F)(F)F)cc1)C2. The number of alkyl halides is 3. The van der Waals surface area contributed by atoms with Crippen LogP contribution in [0.5, 0.6) is 11.8 Å². The molecule has 2 heterocycles. The number of fused-ring (bicyclic) bond motifs is 1. The molecule has 1 spiro atoms. The summed E-state index contributed by atoms with van der Waals surface area (Å²) in [4.78, 5) is 14.1. The maximum absolute atomic E-state index is 12.2. The van der Waals surface area contributed by atoms with Crippen LogP contribution in [0.2, 0.25) is 0 Å². The molecule has 1 aliphatic heterocycles. The Morgan fingerprint density at radius 3 is 2.63 bits per heavy atom. The van der Waals surface area contributed by atoms with Crippen molar-refractivity contribution in [3.05, 3.63) is 46.1 Å². The van der Waals surface area contributed by atoms with Crippen LogP contribution in [0.15, 0.2) is 30.5 Å². The number of nitro groups is 1. The third-order valence-electron chi connectivity index (χ3n) is 4.51. The zero-order valence-electron chi connectivity index (χ0n) is 13.8. The van der Waals surface area contributed by atoms with E-state index in [1.807, 2.05) is 0 Å². The molecule has 11 heteroatoms. The highest BCUT2D eigenvalue weighted by molar-refractivity contribution is 5.28. The maximum atomic E-state index is 12.2. The van der Waals surface area contributed by atoms with Crippen molar-refractivity contribution in [2.24, 2.45) is 0 Å². The number of hydrogen-bond acceptors (Lipinski definition) is 6. The molecule has 1 aromatic heterocycles. The standard InChI is InChI=1S/C16H14F3N3O5/c17-16(18,19)26-11-3-1-10(2-4-11)9-25-12-7-21-8-13(22(23)24)20-14(21)27-15(12)5-6-15/h1-4,8,12H,5-7,9H2. The van der Waals surface area contributed by atoms with E-state index in [9.17, 15) is 23.3 Å². The first-order valence-corrected chi connectivity index (χ1v) is 8.11. The average Bonchev–Trinajstić information content (AvgIpc) is 3.22. The lowest BCUT2D eigenvalue weighted by molar-refractivity contribution is -0.389. The molecule has 0 N–H and O–H groups in total. The van der Waals surface area contributed by atoms with E-state index >= 15 is 0 Å². The fourth-order valence-electron chi connectivity index (χ4n) is 3.01. The molecule has 1 fully saturated rings. The summed E-state index contributed by atoms with van der Waals surface area (Å²) < 4.78 is 53.6. The van der Waals surface area contributed by atoms with Crippen molar-refractivity contribution in [3.8, 4) is 11.8 Å². The fraction of sp³-hybridized carbons (Fsp3) is 0.438. The molecule has 2 aromatic rings. The molecular weight excluding hydrogens is 371 g/mol. The first kappa shape index (κ1) is 17.6. The summed E-state index contributed by atoms with van der Waals surface area (Å²) in [5, 5.41) is 10.9. The van der Waals surface area contributed by atoms with Crippen LogP contribution in [0, 0.1) is 10.1 Å². The molecule has 144 valence electrons. The van der Waals surface area contributed by atoms with Gasteiger partial charge in [0.1, 0.15) is 23.7 Å². The molecule has 4 rings (SSSR count). The lowest BCUT2D eigenvalue weighted by Crippen LogP contribution is -2.43. The highest BCUT2D eigenvalue weighted by Crippen LogP contribution is 2.48. The van der Waals surface area contributed by atoms with Crippen molar-refractivity contribution >= 4 is 5.82 Å². The maximum Gasteiger partial charge on any atom is 0.573 e. The molecule has 27 heavy (non-hydrogen) atoms. The molecule has 1 atom stereocenters. The summed E-state index contributed by atoms with van der Waals surface area (Å²) in [6.45, 7) is 0.514. The Labute approximate surface area is 150 Å². The van der Waals surface area contributed by atoms with Crippen LogP contribution in [0.4, 0.5) is 19.0 Å². The fourth-order valence-corrected chi connectivity index (χ4v) is 3.01. The van der Waals surface area contributed by atoms with Gasteiger partial charge in [0.2, 0.25) is 0 Å². The number of benzene rings is 1. The lowest BCUT2D eigenvalue weighted by Gasteiger charge is -2.31. The lowest BCUT2D eigenvalue weighted by atomic mass is 10.1. The molecular formula is C16H14F3N3O5. The summed E-state index contributed by atoms with van der Waals surface area (Å²) >= 11 is 0. The zero-order valence-corrected chi connectivity index (χ0v) is 13.8. The van der Waals surface area contributed by atoms with Gasteiger partial charge in [-0.05, 0) is 35.5 Å². The van der Waals surface area contributed by atoms with Crippen LogP contribution in [0.3, 0.4) is 0 Å². The second-order valence-electron chi connectivity index (χ2n) is 6.45. The van der Waals surface area contributed by atoms with Crippen molar-refractivity contribution in [3.63, 3.8) is 0 Å². The van der Waals surface area contributed by atoms with Crippen LogP contribution in [-0.4, -0.2) is 32.5 Å². The van der Waals surface area contributed by atoms with Crippen molar-refractivity contribution in [1.82, 2.24) is 9.55 Å². The van der Waals surface area contributed by atoms with Gasteiger partial charge in [0.15, 0.2) is 0 Å². The van der Waals surface area contributed by atoms with E-state index < -0.39 is 16.9 Å². The van der Waals surface area contributed by atoms with Gasteiger partial charge in [0.25, 0.3) is 0 Å². The minimum atomic E-state index is -4.74. The number of imidazole rings is 1. The Morgan fingerprint density at radius 2 is 2.04 bits per heavy atom. The Kier molecular flexibility index (Phi) is 3.98. The van der Waals surface area contributed by atoms with Gasteiger partial charge in [-0.2, -0.15) is 0 Å². The summed E-state index contributed by atoms with van der Waals surface area (Å²) in [7, 11) is 0. The van der Waals surface area contributed by atoms with Gasteiger partial charge in [0.05, 0.1) is 13.2 Å². The summed E-state index contributed by atoms with van der Waals surface area (Å²) in [6, 6.07) is 5.60. The third kappa shape index (κ3) is 3.68. The summed E-state index contributed by atoms with van der Waals surface area (Å²) in [5.74, 6) is -0.594. The normalized spacial score (nSPS) is 20.0. The zero-order chi connectivity index (χ0) is 19.2. The van der Waals surface area contributed by atoms with Crippen molar-refractivity contribution in [1.29, 1.82) is 0 Å². The highest BCUT2D eigenvalue weighted by Gasteiger charge is 2.57. The van der Waals surface area contributed by atoms with Crippen LogP contribution in [-0.2, 0) is 17.9 Å². The number of ether oxygens (including phenoxy) is 3. The number of rotatable bonds is 5. The number of nitrogens with zero attached hydrogens (tertiary/aromatic N) is 3. The van der Waals surface area contributed by atoms with Gasteiger partial charge in [-0.3, -0.25) is 4.57 Å². The van der Waals surface area contributed by atoms with Gasteiger partial charge in [-0.1, -0.05) is 12.1 Å². The monoisotopic (exact) mass is 385 g/mol. The second-order valence-corrected chi connectivity index (χ2v) is 6.45. The third-order valence-corrected chi connectivity index (χ3v) is 4.51. The van der Waals surface area contributed by atoms with Crippen molar-refractivity contribution in [2.45, 2.75) is 44.1 Å². The van der Waals surface area contributed by atoms with E-state index in [4.69, 9.17) is 9.47 Å². The Balaban J connectivity index is 1.41. The molecule has 1 saturated carbocycles. The van der Waals surface area contributed by atoms with Gasteiger partial charge in [-0.25, -0.2) is 0 Å². The van der Waals surface area contributed by atoms with Gasteiger partial charge in [-0.15, -0.1) is 13.2 Å². The van der Waals surface area contributed by atoms with E-state index in [0.717, 1.165) is 12.8 Å². The highest BCUT2D eigenvalue weighted by atomic mass is 19.4. The smallest absolute Gasteiger partial charge is 0.436 e. The minimum Gasteiger partial charge on any atom is -0.436 e. The molecule has 0 radical (unpaired) electrons. The van der Waals surface area contributed by atoms with Crippen LogP contribution in [0.25, 0.3) is 0 Å².